The summed E-state index contributed by atoms with van der Waals surface area (Å²) >= 11 is 6.11. The van der Waals surface area contributed by atoms with Gasteiger partial charge in [-0.2, -0.15) is 0 Å². The third-order valence-corrected chi connectivity index (χ3v) is 4.48. The molecule has 0 spiro atoms. The highest BCUT2D eigenvalue weighted by atomic mass is 35.5. The first kappa shape index (κ1) is 15.4. The second kappa shape index (κ2) is 6.22. The average molecular weight is 317 g/mol. The van der Waals surface area contributed by atoms with E-state index in [-0.39, 0.29) is 0 Å². The molecule has 1 fully saturated rings. The Bertz CT molecular complexity index is 575. The smallest absolute Gasteiger partial charge is 0.229 e. The van der Waals surface area contributed by atoms with E-state index in [0.29, 0.717) is 16.8 Å². The molecule has 0 aromatic heterocycles. The zero-order valence-electron chi connectivity index (χ0n) is 11.8. The second-order valence-electron chi connectivity index (χ2n) is 5.68. The van der Waals surface area contributed by atoms with Gasteiger partial charge >= 0.3 is 0 Å². The highest BCUT2D eigenvalue weighted by molar-refractivity contribution is 7.92. The Morgan fingerprint density at radius 2 is 2.05 bits per heavy atom. The maximum atomic E-state index is 11.2. The molecule has 2 rings (SSSR count). The summed E-state index contributed by atoms with van der Waals surface area (Å²) in [7, 11) is -3.30. The number of benzene rings is 1. The van der Waals surface area contributed by atoms with E-state index in [0.717, 1.165) is 17.9 Å². The first-order valence-electron chi connectivity index (χ1n) is 6.87. The van der Waals surface area contributed by atoms with Crippen LogP contribution in [0, 0.1) is 5.92 Å². The number of halogens is 1. The van der Waals surface area contributed by atoms with Crippen LogP contribution in [-0.4, -0.2) is 20.7 Å². The Hall–Kier alpha value is -0.940. The molecule has 2 N–H and O–H groups in total. The third-order valence-electron chi connectivity index (χ3n) is 3.57. The van der Waals surface area contributed by atoms with Crippen molar-refractivity contribution in [1.29, 1.82) is 0 Å². The molecule has 20 heavy (non-hydrogen) atoms. The minimum absolute atomic E-state index is 0.407. The van der Waals surface area contributed by atoms with E-state index < -0.39 is 10.0 Å². The fourth-order valence-corrected chi connectivity index (χ4v) is 3.55. The topological polar surface area (TPSA) is 58.2 Å². The van der Waals surface area contributed by atoms with Gasteiger partial charge in [0, 0.05) is 11.7 Å². The first-order chi connectivity index (χ1) is 9.33. The van der Waals surface area contributed by atoms with Crippen molar-refractivity contribution >= 4 is 33.0 Å². The highest BCUT2D eigenvalue weighted by Gasteiger charge is 2.18. The van der Waals surface area contributed by atoms with E-state index in [4.69, 9.17) is 11.6 Å². The van der Waals surface area contributed by atoms with Gasteiger partial charge in [0.05, 0.1) is 17.0 Å². The zero-order chi connectivity index (χ0) is 14.8. The molecule has 4 nitrogen and oxygen atoms in total. The van der Waals surface area contributed by atoms with E-state index in [1.54, 1.807) is 12.1 Å². The van der Waals surface area contributed by atoms with Gasteiger partial charge in [0.15, 0.2) is 0 Å². The van der Waals surface area contributed by atoms with E-state index >= 15 is 0 Å². The van der Waals surface area contributed by atoms with Crippen LogP contribution in [-0.2, 0) is 10.0 Å². The fourth-order valence-electron chi connectivity index (χ4n) is 2.69. The molecule has 1 aliphatic rings. The molecule has 1 aliphatic carbocycles. The van der Waals surface area contributed by atoms with E-state index in [1.165, 1.54) is 25.7 Å². The van der Waals surface area contributed by atoms with Crippen LogP contribution < -0.4 is 10.0 Å². The molecule has 2 unspecified atom stereocenters. The molecular formula is C14H21ClN2O2S. The lowest BCUT2D eigenvalue weighted by Crippen LogP contribution is -2.26. The Morgan fingerprint density at radius 3 is 2.65 bits per heavy atom. The molecule has 0 radical (unpaired) electrons. The van der Waals surface area contributed by atoms with Gasteiger partial charge < -0.3 is 5.32 Å². The predicted octanol–water partition coefficient (Wildman–Crippen LogP) is 3.70. The third kappa shape index (κ3) is 4.56. The molecule has 1 aromatic rings. The van der Waals surface area contributed by atoms with Gasteiger partial charge in [-0.05, 0) is 37.0 Å². The normalized spacial score (nSPS) is 23.4. The van der Waals surface area contributed by atoms with Crippen molar-refractivity contribution in [3.63, 3.8) is 0 Å². The van der Waals surface area contributed by atoms with Gasteiger partial charge in [0.25, 0.3) is 0 Å². The molecule has 1 saturated carbocycles. The average Bonchev–Trinajstić information content (AvgIpc) is 2.31. The lowest BCUT2D eigenvalue weighted by atomic mass is 9.87. The lowest BCUT2D eigenvalue weighted by Gasteiger charge is -2.28. The summed E-state index contributed by atoms with van der Waals surface area (Å²) in [4.78, 5) is 0. The summed E-state index contributed by atoms with van der Waals surface area (Å²) in [6.07, 6.45) is 6.00. The molecule has 1 aromatic carbocycles. The number of hydrogen-bond acceptors (Lipinski definition) is 3. The van der Waals surface area contributed by atoms with Crippen molar-refractivity contribution in [2.24, 2.45) is 5.92 Å². The summed E-state index contributed by atoms with van der Waals surface area (Å²) in [5, 5.41) is 3.89. The van der Waals surface area contributed by atoms with Crippen molar-refractivity contribution in [1.82, 2.24) is 0 Å². The monoisotopic (exact) mass is 316 g/mol. The van der Waals surface area contributed by atoms with Gasteiger partial charge in [0.2, 0.25) is 10.0 Å². The Kier molecular flexibility index (Phi) is 4.81. The van der Waals surface area contributed by atoms with Gasteiger partial charge in [-0.15, -0.1) is 0 Å². The van der Waals surface area contributed by atoms with Crippen LogP contribution in [0.2, 0.25) is 5.02 Å². The molecule has 0 aliphatic heterocycles. The quantitative estimate of drug-likeness (QED) is 0.890. The standard InChI is InChI=1S/C14H21ClN2O2S/c1-10-4-3-5-11(8-10)16-12-6-7-14(13(15)9-12)17-20(2,18)19/h6-7,9-11,16-17H,3-5,8H2,1-2H3. The number of anilines is 2. The van der Waals surface area contributed by atoms with Gasteiger partial charge in [-0.3, -0.25) is 4.72 Å². The Balaban J connectivity index is 2.05. The second-order valence-corrected chi connectivity index (χ2v) is 7.84. The van der Waals surface area contributed by atoms with Crippen LogP contribution in [0.15, 0.2) is 18.2 Å². The van der Waals surface area contributed by atoms with E-state index in [1.807, 2.05) is 6.07 Å². The maximum Gasteiger partial charge on any atom is 0.229 e. The van der Waals surface area contributed by atoms with Crippen molar-refractivity contribution in [2.45, 2.75) is 38.6 Å². The molecule has 112 valence electrons. The first-order valence-corrected chi connectivity index (χ1v) is 9.14. The van der Waals surface area contributed by atoms with Crippen LogP contribution >= 0.6 is 11.6 Å². The molecular weight excluding hydrogens is 296 g/mol. The van der Waals surface area contributed by atoms with Crippen molar-refractivity contribution < 1.29 is 8.42 Å². The number of sulfonamides is 1. The van der Waals surface area contributed by atoms with Gasteiger partial charge in [-0.25, -0.2) is 8.42 Å². The maximum absolute atomic E-state index is 11.2. The van der Waals surface area contributed by atoms with Crippen LogP contribution in [0.3, 0.4) is 0 Å². The van der Waals surface area contributed by atoms with Crippen LogP contribution in [0.4, 0.5) is 11.4 Å². The van der Waals surface area contributed by atoms with Gasteiger partial charge in [0.1, 0.15) is 0 Å². The van der Waals surface area contributed by atoms with Crippen LogP contribution in [0.1, 0.15) is 32.6 Å². The summed E-state index contributed by atoms with van der Waals surface area (Å²) in [6.45, 7) is 2.28. The van der Waals surface area contributed by atoms with Crippen molar-refractivity contribution in [3.8, 4) is 0 Å². The molecule has 2 atom stereocenters. The minimum Gasteiger partial charge on any atom is -0.382 e. The van der Waals surface area contributed by atoms with Crippen molar-refractivity contribution in [3.05, 3.63) is 23.2 Å². The van der Waals surface area contributed by atoms with Crippen LogP contribution in [0.5, 0.6) is 0 Å². The summed E-state index contributed by atoms with van der Waals surface area (Å²) < 4.78 is 24.8. The Labute approximate surface area is 126 Å². The summed E-state index contributed by atoms with van der Waals surface area (Å²) in [5.41, 5.74) is 1.35. The molecule has 0 amide bonds. The number of hydrogen-bond donors (Lipinski definition) is 2. The largest absolute Gasteiger partial charge is 0.382 e. The molecule has 0 heterocycles. The SMILES string of the molecule is CC1CCCC(Nc2ccc(NS(C)(=O)=O)c(Cl)c2)C1. The Morgan fingerprint density at radius 1 is 1.30 bits per heavy atom. The van der Waals surface area contributed by atoms with E-state index in [9.17, 15) is 8.42 Å². The molecule has 0 saturated heterocycles. The zero-order valence-corrected chi connectivity index (χ0v) is 13.4. The van der Waals surface area contributed by atoms with Gasteiger partial charge in [-0.1, -0.05) is 31.4 Å². The fraction of sp³-hybridized carbons (Fsp3) is 0.571. The van der Waals surface area contributed by atoms with Crippen LogP contribution in [0.25, 0.3) is 0 Å². The lowest BCUT2D eigenvalue weighted by molar-refractivity contribution is 0.358. The molecule has 6 heteroatoms. The predicted molar refractivity (Wildman–Crippen MR) is 85.0 cm³/mol. The highest BCUT2D eigenvalue weighted by Crippen LogP contribution is 2.30. The van der Waals surface area contributed by atoms with E-state index in [2.05, 4.69) is 17.0 Å². The number of rotatable bonds is 4. The summed E-state index contributed by atoms with van der Waals surface area (Å²) in [5.74, 6) is 0.753. The summed E-state index contributed by atoms with van der Waals surface area (Å²) in [6, 6.07) is 5.80. The minimum atomic E-state index is -3.30. The number of nitrogens with one attached hydrogen (secondary N) is 2. The molecule has 0 bridgehead atoms. The van der Waals surface area contributed by atoms with Crippen molar-refractivity contribution in [2.75, 3.05) is 16.3 Å².